The fourth-order valence-electron chi connectivity index (χ4n) is 3.06. The summed E-state index contributed by atoms with van der Waals surface area (Å²) in [5.41, 5.74) is 3.63. The number of hydrogen-bond donors (Lipinski definition) is 1. The van der Waals surface area contributed by atoms with E-state index in [-0.39, 0.29) is 11.4 Å². The van der Waals surface area contributed by atoms with Crippen LogP contribution in [0.5, 0.6) is 0 Å². The Balaban J connectivity index is 1.61. The van der Waals surface area contributed by atoms with E-state index >= 15 is 0 Å². The van der Waals surface area contributed by atoms with E-state index in [1.807, 2.05) is 30.3 Å². The number of halogens is 1. The predicted octanol–water partition coefficient (Wildman–Crippen LogP) is 5.15. The maximum absolute atomic E-state index is 12.9. The molecule has 0 aromatic heterocycles. The van der Waals surface area contributed by atoms with E-state index in [0.717, 1.165) is 16.7 Å². The van der Waals surface area contributed by atoms with Gasteiger partial charge in [-0.1, -0.05) is 65.9 Å². The average Bonchev–Trinajstić information content (AvgIpc) is 2.74. The van der Waals surface area contributed by atoms with Crippen LogP contribution in [0.4, 0.5) is 5.69 Å². The number of amides is 1. The molecule has 3 aromatic rings. The van der Waals surface area contributed by atoms with Gasteiger partial charge in [-0.3, -0.25) is 9.59 Å². The summed E-state index contributed by atoms with van der Waals surface area (Å²) in [4.78, 5) is 25.3. The van der Waals surface area contributed by atoms with Crippen LogP contribution in [0.2, 0.25) is 5.02 Å². The van der Waals surface area contributed by atoms with E-state index in [0.29, 0.717) is 22.7 Å². The van der Waals surface area contributed by atoms with E-state index in [2.05, 4.69) is 17.2 Å². The topological polar surface area (TPSA) is 46.2 Å². The van der Waals surface area contributed by atoms with E-state index in [9.17, 15) is 9.59 Å². The summed E-state index contributed by atoms with van der Waals surface area (Å²) in [6.07, 6.45) is 2.20. The van der Waals surface area contributed by atoms with Gasteiger partial charge in [-0.25, -0.2) is 0 Å². The summed E-state index contributed by atoms with van der Waals surface area (Å²) >= 11 is 5.90. The summed E-state index contributed by atoms with van der Waals surface area (Å²) in [6.45, 7) is 0. The number of nitrogens with one attached hydrogen (secondary N) is 1. The highest BCUT2D eigenvalue weighted by molar-refractivity contribution is 6.36. The molecular formula is C25H16ClNO2. The van der Waals surface area contributed by atoms with Crippen molar-refractivity contribution in [2.24, 2.45) is 0 Å². The second kappa shape index (κ2) is 8.18. The highest BCUT2D eigenvalue weighted by Gasteiger charge is 2.28. The molecule has 0 atom stereocenters. The van der Waals surface area contributed by atoms with E-state index in [4.69, 9.17) is 11.6 Å². The molecule has 0 saturated heterocycles. The zero-order chi connectivity index (χ0) is 20.2. The minimum atomic E-state index is -0.416. The van der Waals surface area contributed by atoms with Gasteiger partial charge in [-0.05, 0) is 47.5 Å². The number of carbonyl (C=O) groups excluding carboxylic acids is 2. The van der Waals surface area contributed by atoms with Crippen LogP contribution in [-0.4, -0.2) is 11.7 Å². The van der Waals surface area contributed by atoms with Gasteiger partial charge in [0, 0.05) is 22.6 Å². The molecule has 1 amide bonds. The molecule has 1 aliphatic rings. The number of benzene rings is 3. The summed E-state index contributed by atoms with van der Waals surface area (Å²) in [5.74, 6) is 5.49. The summed E-state index contributed by atoms with van der Waals surface area (Å²) in [7, 11) is 0. The van der Waals surface area contributed by atoms with Crippen molar-refractivity contribution in [3.63, 3.8) is 0 Å². The first kappa shape index (κ1) is 18.7. The third kappa shape index (κ3) is 4.29. The predicted molar refractivity (Wildman–Crippen MR) is 116 cm³/mol. The molecular weight excluding hydrogens is 382 g/mol. The van der Waals surface area contributed by atoms with Crippen LogP contribution >= 0.6 is 11.6 Å². The number of carbonyl (C=O) groups is 2. The Morgan fingerprint density at radius 3 is 2.45 bits per heavy atom. The lowest BCUT2D eigenvalue weighted by atomic mass is 9.94. The molecule has 0 radical (unpaired) electrons. The second-order valence-electron chi connectivity index (χ2n) is 6.62. The van der Waals surface area contributed by atoms with Gasteiger partial charge in [-0.15, -0.1) is 0 Å². The van der Waals surface area contributed by atoms with Gasteiger partial charge >= 0.3 is 0 Å². The van der Waals surface area contributed by atoms with Crippen LogP contribution < -0.4 is 5.32 Å². The molecule has 140 valence electrons. The Morgan fingerprint density at radius 2 is 1.69 bits per heavy atom. The quantitative estimate of drug-likeness (QED) is 0.369. The smallest absolute Gasteiger partial charge is 0.259 e. The van der Waals surface area contributed by atoms with Crippen molar-refractivity contribution in [3.05, 3.63) is 106 Å². The molecule has 1 heterocycles. The molecule has 4 rings (SSSR count). The zero-order valence-electron chi connectivity index (χ0n) is 15.4. The third-order valence-electron chi connectivity index (χ3n) is 4.55. The van der Waals surface area contributed by atoms with Crippen LogP contribution in [-0.2, 0) is 11.2 Å². The first-order valence-electron chi connectivity index (χ1n) is 9.10. The number of rotatable bonds is 2. The molecule has 29 heavy (non-hydrogen) atoms. The Bertz CT molecular complexity index is 1180. The molecule has 1 aliphatic heterocycles. The van der Waals surface area contributed by atoms with Crippen molar-refractivity contribution < 1.29 is 9.59 Å². The van der Waals surface area contributed by atoms with Gasteiger partial charge in [-0.2, -0.15) is 0 Å². The van der Waals surface area contributed by atoms with E-state index in [1.54, 1.807) is 48.5 Å². The van der Waals surface area contributed by atoms with Gasteiger partial charge in [0.05, 0.1) is 11.3 Å². The van der Waals surface area contributed by atoms with Gasteiger partial charge in [0.15, 0.2) is 0 Å². The first-order chi connectivity index (χ1) is 14.1. The van der Waals surface area contributed by atoms with Crippen molar-refractivity contribution in [1.29, 1.82) is 0 Å². The Morgan fingerprint density at radius 1 is 0.931 bits per heavy atom. The molecule has 0 fully saturated rings. The lowest BCUT2D eigenvalue weighted by Gasteiger charge is -2.18. The third-order valence-corrected chi connectivity index (χ3v) is 4.80. The Kier molecular flexibility index (Phi) is 5.29. The van der Waals surface area contributed by atoms with Crippen molar-refractivity contribution in [2.75, 3.05) is 5.32 Å². The molecule has 3 aromatic carbocycles. The SMILES string of the molecule is O=C1Nc2ccc(C#CCc3ccccc3)cc2C(=O)C1=Cc1ccc(Cl)cc1. The number of fused-ring (bicyclic) bond motifs is 1. The molecule has 0 unspecified atom stereocenters. The maximum atomic E-state index is 12.9. The van der Waals surface area contributed by atoms with Crippen molar-refractivity contribution >= 4 is 35.1 Å². The van der Waals surface area contributed by atoms with E-state index in [1.165, 1.54) is 0 Å². The Hall–Kier alpha value is -3.61. The van der Waals surface area contributed by atoms with Crippen molar-refractivity contribution in [3.8, 4) is 11.8 Å². The summed E-state index contributed by atoms with van der Waals surface area (Å²) < 4.78 is 0. The lowest BCUT2D eigenvalue weighted by molar-refractivity contribution is -0.112. The Labute approximate surface area is 174 Å². The van der Waals surface area contributed by atoms with Crippen LogP contribution in [0.3, 0.4) is 0 Å². The van der Waals surface area contributed by atoms with Crippen molar-refractivity contribution in [2.45, 2.75) is 6.42 Å². The number of Topliss-reactive ketones (excluding diaryl/α,β-unsaturated/α-hetero) is 1. The van der Waals surface area contributed by atoms with Crippen LogP contribution in [0, 0.1) is 11.8 Å². The van der Waals surface area contributed by atoms with Crippen LogP contribution in [0.25, 0.3) is 6.08 Å². The van der Waals surface area contributed by atoms with Gasteiger partial charge < -0.3 is 5.32 Å². The fraction of sp³-hybridized carbons (Fsp3) is 0.0400. The highest BCUT2D eigenvalue weighted by atomic mass is 35.5. The normalized spacial score (nSPS) is 14.0. The second-order valence-corrected chi connectivity index (χ2v) is 7.05. The fourth-order valence-corrected chi connectivity index (χ4v) is 3.18. The summed E-state index contributed by atoms with van der Waals surface area (Å²) in [5, 5.41) is 3.37. The molecule has 3 nitrogen and oxygen atoms in total. The van der Waals surface area contributed by atoms with Gasteiger partial charge in [0.25, 0.3) is 5.91 Å². The maximum Gasteiger partial charge on any atom is 0.259 e. The molecule has 0 saturated carbocycles. The largest absolute Gasteiger partial charge is 0.321 e. The number of anilines is 1. The molecule has 0 spiro atoms. The van der Waals surface area contributed by atoms with Crippen molar-refractivity contribution in [1.82, 2.24) is 0 Å². The minimum Gasteiger partial charge on any atom is -0.321 e. The summed E-state index contributed by atoms with van der Waals surface area (Å²) in [6, 6.07) is 22.2. The van der Waals surface area contributed by atoms with E-state index < -0.39 is 5.91 Å². The zero-order valence-corrected chi connectivity index (χ0v) is 16.2. The van der Waals surface area contributed by atoms with Crippen LogP contribution in [0.15, 0.2) is 78.4 Å². The van der Waals surface area contributed by atoms with Gasteiger partial charge in [0.2, 0.25) is 5.78 Å². The molecule has 1 N–H and O–H groups in total. The molecule has 0 aliphatic carbocycles. The van der Waals surface area contributed by atoms with Gasteiger partial charge in [0.1, 0.15) is 0 Å². The standard InChI is InChI=1S/C25H16ClNO2/c26-20-12-9-19(10-13-20)16-22-24(28)21-15-18(11-14-23(21)27-25(22)29)8-4-7-17-5-2-1-3-6-17/h1-3,5-6,9-16H,7H2,(H,27,29). The first-order valence-corrected chi connectivity index (χ1v) is 9.48. The number of ketones is 1. The average molecular weight is 398 g/mol. The lowest BCUT2D eigenvalue weighted by Crippen LogP contribution is -2.27. The van der Waals surface area contributed by atoms with Crippen LogP contribution in [0.1, 0.15) is 27.0 Å². The molecule has 4 heteroatoms. The highest BCUT2D eigenvalue weighted by Crippen LogP contribution is 2.27. The number of hydrogen-bond acceptors (Lipinski definition) is 2. The monoisotopic (exact) mass is 397 g/mol. The minimum absolute atomic E-state index is 0.0919. The molecule has 0 bridgehead atoms.